The van der Waals surface area contributed by atoms with E-state index < -0.39 is 8.07 Å². The van der Waals surface area contributed by atoms with E-state index in [0.717, 1.165) is 18.7 Å². The van der Waals surface area contributed by atoms with E-state index in [0.29, 0.717) is 0 Å². The first-order valence-electron chi connectivity index (χ1n) is 19.6. The third-order valence-electron chi connectivity index (χ3n) is 12.8. The normalized spacial score (nSPS) is 14.9. The highest BCUT2D eigenvalue weighted by Crippen LogP contribution is 2.56. The Morgan fingerprint density at radius 2 is 1.22 bits per heavy atom. The third kappa shape index (κ3) is 4.68. The predicted molar refractivity (Wildman–Crippen MR) is 240 cm³/mol. The van der Waals surface area contributed by atoms with Crippen LogP contribution in [0.3, 0.4) is 0 Å². The van der Waals surface area contributed by atoms with Crippen LogP contribution in [0.1, 0.15) is 25.0 Å². The van der Waals surface area contributed by atoms with Crippen LogP contribution in [0, 0.1) is 0 Å². The average molecular weight is 721 g/mol. The highest BCUT2D eigenvalue weighted by Gasteiger charge is 2.47. The molecule has 55 heavy (non-hydrogen) atoms. The molecule has 262 valence electrons. The lowest BCUT2D eigenvalue weighted by atomic mass is 9.56. The lowest BCUT2D eigenvalue weighted by Gasteiger charge is -2.47. The molecule has 8 aromatic rings. The predicted octanol–water partition coefficient (Wildman–Crippen LogP) is 10.5. The van der Waals surface area contributed by atoms with E-state index in [1.807, 2.05) is 0 Å². The molecule has 11 rings (SSSR count). The summed E-state index contributed by atoms with van der Waals surface area (Å²) in [6, 6.07) is 61.1. The van der Waals surface area contributed by atoms with E-state index in [-0.39, 0.29) is 5.41 Å². The second-order valence-electron chi connectivity index (χ2n) is 16.6. The minimum Gasteiger partial charge on any atom is -0.355 e. The van der Waals surface area contributed by atoms with Gasteiger partial charge in [0.25, 0.3) is 0 Å². The van der Waals surface area contributed by atoms with Gasteiger partial charge in [-0.15, -0.1) is 0 Å². The summed E-state index contributed by atoms with van der Waals surface area (Å²) >= 11 is 0. The summed E-state index contributed by atoms with van der Waals surface area (Å²) < 4.78 is 0. The van der Waals surface area contributed by atoms with Crippen molar-refractivity contribution < 1.29 is 0 Å². The quantitative estimate of drug-likeness (QED) is 0.182. The van der Waals surface area contributed by atoms with Crippen LogP contribution in [0.4, 0.5) is 28.4 Å². The van der Waals surface area contributed by atoms with Crippen molar-refractivity contribution in [1.82, 2.24) is 0 Å². The number of hydrogen-bond acceptors (Lipinski definition) is 2. The standard InChI is InChI=1S/C51H41BN2Si/c1-51(2)41-20-11-10-19-37(41)39-31-40(48-50(47(39)51)54-44-22-12-13-23-45(44)55(3,4)46-24-14-21-42(52-48)49(46)54)38-29-34-17-8-9-18-35(34)30-43(38)53-36-27-25-33(26-28-36)32-15-6-5-7-16-32/h5-31,52-53H,1-4H3. The number of nitrogens with one attached hydrogen (secondary N) is 1. The van der Waals surface area contributed by atoms with Crippen LogP contribution in [-0.2, 0) is 5.41 Å². The molecule has 0 saturated carbocycles. The molecule has 0 bridgehead atoms. The molecule has 2 aliphatic heterocycles. The van der Waals surface area contributed by atoms with Gasteiger partial charge in [-0.2, -0.15) is 0 Å². The molecule has 1 N–H and O–H groups in total. The fraction of sp³-hybridized carbons (Fsp3) is 0.0980. The molecule has 2 nitrogen and oxygen atoms in total. The molecule has 1 aliphatic carbocycles. The maximum absolute atomic E-state index is 3.93. The first-order valence-corrected chi connectivity index (χ1v) is 22.6. The minimum atomic E-state index is -1.97. The van der Waals surface area contributed by atoms with Crippen molar-refractivity contribution in [3.8, 4) is 33.4 Å². The molecular weight excluding hydrogens is 679 g/mol. The number of rotatable bonds is 4. The zero-order chi connectivity index (χ0) is 37.1. The molecular formula is C51H41BN2Si. The van der Waals surface area contributed by atoms with Crippen LogP contribution in [0.15, 0.2) is 164 Å². The highest BCUT2D eigenvalue weighted by molar-refractivity contribution is 7.03. The van der Waals surface area contributed by atoms with Crippen molar-refractivity contribution in [2.75, 3.05) is 10.2 Å². The molecule has 0 spiro atoms. The van der Waals surface area contributed by atoms with Gasteiger partial charge in [0.1, 0.15) is 8.07 Å². The minimum absolute atomic E-state index is 0.175. The van der Waals surface area contributed by atoms with Gasteiger partial charge in [-0.1, -0.05) is 160 Å². The second-order valence-corrected chi connectivity index (χ2v) is 21.0. The van der Waals surface area contributed by atoms with Crippen molar-refractivity contribution in [3.05, 3.63) is 175 Å². The van der Waals surface area contributed by atoms with Crippen molar-refractivity contribution >= 4 is 75.9 Å². The van der Waals surface area contributed by atoms with Crippen molar-refractivity contribution in [2.24, 2.45) is 0 Å². The van der Waals surface area contributed by atoms with Gasteiger partial charge in [-0.25, -0.2) is 0 Å². The van der Waals surface area contributed by atoms with Gasteiger partial charge in [0.15, 0.2) is 7.28 Å². The maximum Gasteiger partial charge on any atom is 0.198 e. The van der Waals surface area contributed by atoms with E-state index in [1.54, 1.807) is 0 Å². The van der Waals surface area contributed by atoms with Crippen LogP contribution < -0.4 is 31.5 Å². The molecule has 4 heteroatoms. The number of para-hydroxylation sites is 2. The fourth-order valence-corrected chi connectivity index (χ4v) is 13.1. The van der Waals surface area contributed by atoms with Gasteiger partial charge in [0.2, 0.25) is 0 Å². The summed E-state index contributed by atoms with van der Waals surface area (Å²) in [5.41, 5.74) is 19.5. The third-order valence-corrected chi connectivity index (χ3v) is 16.3. The number of fused-ring (bicyclic) bond motifs is 9. The second kappa shape index (κ2) is 11.7. The summed E-state index contributed by atoms with van der Waals surface area (Å²) in [6.45, 7) is 9.95. The number of hydrogen-bond donors (Lipinski definition) is 1. The summed E-state index contributed by atoms with van der Waals surface area (Å²) in [6.07, 6.45) is 0. The Morgan fingerprint density at radius 1 is 0.545 bits per heavy atom. The first kappa shape index (κ1) is 32.3. The Hall–Kier alpha value is -6.10. The molecule has 0 aromatic heterocycles. The highest BCUT2D eigenvalue weighted by atomic mass is 28.3. The Kier molecular flexibility index (Phi) is 6.88. The summed E-state index contributed by atoms with van der Waals surface area (Å²) in [5.74, 6) is 0. The van der Waals surface area contributed by atoms with Crippen LogP contribution >= 0.6 is 0 Å². The molecule has 8 aromatic carbocycles. The molecule has 0 atom stereocenters. The smallest absolute Gasteiger partial charge is 0.198 e. The van der Waals surface area contributed by atoms with Crippen molar-refractivity contribution in [3.63, 3.8) is 0 Å². The van der Waals surface area contributed by atoms with Crippen LogP contribution in [0.5, 0.6) is 0 Å². The summed E-state index contributed by atoms with van der Waals surface area (Å²) in [4.78, 5) is 2.70. The summed E-state index contributed by atoms with van der Waals surface area (Å²) in [7, 11) is -1.09. The van der Waals surface area contributed by atoms with Gasteiger partial charge in [-0.3, -0.25) is 0 Å². The lowest BCUT2D eigenvalue weighted by molar-refractivity contribution is 0.661. The van der Waals surface area contributed by atoms with E-state index in [2.05, 4.69) is 201 Å². The van der Waals surface area contributed by atoms with E-state index in [4.69, 9.17) is 0 Å². The number of nitrogens with zero attached hydrogens (tertiary/aromatic N) is 1. The Labute approximate surface area is 325 Å². The lowest BCUT2D eigenvalue weighted by Crippen LogP contribution is -2.62. The molecule has 3 aliphatic rings. The largest absolute Gasteiger partial charge is 0.355 e. The Morgan fingerprint density at radius 3 is 2.04 bits per heavy atom. The van der Waals surface area contributed by atoms with Crippen LogP contribution in [0.25, 0.3) is 44.2 Å². The fourth-order valence-electron chi connectivity index (χ4n) is 10.1. The van der Waals surface area contributed by atoms with Crippen LogP contribution in [-0.4, -0.2) is 15.4 Å². The molecule has 2 heterocycles. The van der Waals surface area contributed by atoms with Crippen LogP contribution in [0.2, 0.25) is 13.1 Å². The molecule has 0 amide bonds. The topological polar surface area (TPSA) is 15.3 Å². The number of anilines is 5. The summed E-state index contributed by atoms with van der Waals surface area (Å²) in [5, 5.41) is 9.45. The molecule has 0 saturated heterocycles. The SMILES string of the molecule is CC1(C)c2ccccc2-c2cc(-c3cc4ccccc4cc3Nc3ccc(-c4ccccc4)cc3)c3c(c21)N1c2ccccc2[Si](C)(C)c2cccc(c21)B3. The molecule has 0 unspecified atom stereocenters. The van der Waals surface area contributed by atoms with Gasteiger partial charge < -0.3 is 10.2 Å². The molecule has 0 radical (unpaired) electrons. The maximum atomic E-state index is 3.93. The zero-order valence-electron chi connectivity index (χ0n) is 31.7. The number of benzene rings is 8. The van der Waals surface area contributed by atoms with Crippen molar-refractivity contribution in [2.45, 2.75) is 32.4 Å². The van der Waals surface area contributed by atoms with Gasteiger partial charge >= 0.3 is 0 Å². The van der Waals surface area contributed by atoms with E-state index >= 15 is 0 Å². The zero-order valence-corrected chi connectivity index (χ0v) is 32.7. The van der Waals surface area contributed by atoms with Crippen molar-refractivity contribution in [1.29, 1.82) is 0 Å². The Bertz CT molecular complexity index is 2870. The first-order chi connectivity index (χ1) is 26.8. The van der Waals surface area contributed by atoms with Gasteiger partial charge in [-0.05, 0) is 102 Å². The average Bonchev–Trinajstić information content (AvgIpc) is 3.45. The van der Waals surface area contributed by atoms with E-state index in [1.165, 1.54) is 93.6 Å². The van der Waals surface area contributed by atoms with Gasteiger partial charge in [0.05, 0.1) is 0 Å². The molecule has 0 fully saturated rings. The monoisotopic (exact) mass is 720 g/mol. The van der Waals surface area contributed by atoms with Gasteiger partial charge in [0, 0.05) is 39.4 Å². The van der Waals surface area contributed by atoms with E-state index in [9.17, 15) is 0 Å². The Balaban J connectivity index is 1.20.